The Kier molecular flexibility index (Phi) is 6.79. The van der Waals surface area contributed by atoms with E-state index in [0.717, 1.165) is 29.4 Å². The van der Waals surface area contributed by atoms with Crippen molar-refractivity contribution in [2.24, 2.45) is 0 Å². The Morgan fingerprint density at radius 3 is 2.58 bits per heavy atom. The van der Waals surface area contributed by atoms with Crippen LogP contribution in [0, 0.1) is 5.82 Å². The highest BCUT2D eigenvalue weighted by Crippen LogP contribution is 2.29. The second-order valence-corrected chi connectivity index (χ2v) is 7.52. The molecule has 1 unspecified atom stereocenters. The topological polar surface area (TPSA) is 50.8 Å². The Balaban J connectivity index is 1.60. The van der Waals surface area contributed by atoms with Gasteiger partial charge in [-0.3, -0.25) is 9.69 Å². The van der Waals surface area contributed by atoms with Gasteiger partial charge in [0.1, 0.15) is 11.6 Å². The highest BCUT2D eigenvalue weighted by molar-refractivity contribution is 6.09. The van der Waals surface area contributed by atoms with Crippen molar-refractivity contribution in [1.29, 1.82) is 0 Å². The summed E-state index contributed by atoms with van der Waals surface area (Å²) >= 11 is 0. The minimum atomic E-state index is -0.273. The van der Waals surface area contributed by atoms with Crippen molar-refractivity contribution in [2.75, 3.05) is 39.5 Å². The van der Waals surface area contributed by atoms with Gasteiger partial charge in [0, 0.05) is 19.6 Å². The first-order valence-corrected chi connectivity index (χ1v) is 10.7. The molecule has 5 nitrogen and oxygen atoms in total. The number of hydrogen-bond acceptors (Lipinski definition) is 4. The third-order valence-electron chi connectivity index (χ3n) is 5.61. The van der Waals surface area contributed by atoms with Gasteiger partial charge in [0.05, 0.1) is 31.4 Å². The number of halogens is 1. The normalized spacial score (nSPS) is 15.5. The molecular formula is C25H27FN2O3. The van der Waals surface area contributed by atoms with E-state index in [1.165, 1.54) is 12.1 Å². The molecule has 0 saturated carbocycles. The molecule has 1 atom stereocenters. The van der Waals surface area contributed by atoms with Crippen LogP contribution in [0.4, 0.5) is 4.39 Å². The number of nitrogens with one attached hydrogen (secondary N) is 1. The molecule has 0 aliphatic carbocycles. The Morgan fingerprint density at radius 1 is 1.10 bits per heavy atom. The average Bonchev–Trinajstić information content (AvgIpc) is 2.81. The van der Waals surface area contributed by atoms with Gasteiger partial charge in [-0.2, -0.15) is 0 Å². The smallest absolute Gasteiger partial charge is 0.255 e. The minimum absolute atomic E-state index is 0.0704. The fourth-order valence-corrected chi connectivity index (χ4v) is 4.07. The molecule has 1 amide bonds. The molecule has 1 saturated heterocycles. The van der Waals surface area contributed by atoms with Crippen molar-refractivity contribution >= 4 is 16.7 Å². The lowest BCUT2D eigenvalue weighted by Gasteiger charge is -2.35. The Morgan fingerprint density at radius 2 is 1.84 bits per heavy atom. The number of ether oxygens (including phenoxy) is 2. The van der Waals surface area contributed by atoms with E-state index in [-0.39, 0.29) is 17.8 Å². The van der Waals surface area contributed by atoms with Crippen LogP contribution in [-0.2, 0) is 4.74 Å². The maximum Gasteiger partial charge on any atom is 0.255 e. The molecule has 1 aliphatic rings. The molecule has 1 heterocycles. The van der Waals surface area contributed by atoms with E-state index in [1.54, 1.807) is 12.1 Å². The van der Waals surface area contributed by atoms with Gasteiger partial charge in [0.15, 0.2) is 0 Å². The number of rotatable bonds is 7. The highest BCUT2D eigenvalue weighted by atomic mass is 19.1. The molecule has 162 valence electrons. The van der Waals surface area contributed by atoms with Crippen LogP contribution >= 0.6 is 0 Å². The van der Waals surface area contributed by atoms with Crippen LogP contribution in [0.25, 0.3) is 10.8 Å². The number of amides is 1. The molecule has 3 aromatic carbocycles. The van der Waals surface area contributed by atoms with Crippen molar-refractivity contribution in [2.45, 2.75) is 13.0 Å². The van der Waals surface area contributed by atoms with Crippen LogP contribution in [0.2, 0.25) is 0 Å². The van der Waals surface area contributed by atoms with Crippen LogP contribution in [0.3, 0.4) is 0 Å². The molecule has 31 heavy (non-hydrogen) atoms. The fraction of sp³-hybridized carbons (Fsp3) is 0.320. The Bertz CT molecular complexity index is 1030. The van der Waals surface area contributed by atoms with Gasteiger partial charge in [-0.05, 0) is 41.5 Å². The Labute approximate surface area is 181 Å². The highest BCUT2D eigenvalue weighted by Gasteiger charge is 2.24. The first-order chi connectivity index (χ1) is 15.2. The number of hydrogen-bond donors (Lipinski definition) is 1. The second kappa shape index (κ2) is 9.90. The maximum atomic E-state index is 13.5. The number of morpholine rings is 1. The first kappa shape index (κ1) is 21.3. The van der Waals surface area contributed by atoms with Gasteiger partial charge in [-0.25, -0.2) is 4.39 Å². The van der Waals surface area contributed by atoms with E-state index in [1.807, 2.05) is 43.3 Å². The van der Waals surface area contributed by atoms with Gasteiger partial charge in [-0.15, -0.1) is 0 Å². The molecule has 0 aromatic heterocycles. The molecular weight excluding hydrogens is 395 g/mol. The summed E-state index contributed by atoms with van der Waals surface area (Å²) in [5, 5.41) is 4.95. The molecule has 0 spiro atoms. The predicted molar refractivity (Wildman–Crippen MR) is 119 cm³/mol. The summed E-state index contributed by atoms with van der Waals surface area (Å²) in [4.78, 5) is 15.6. The molecule has 0 bridgehead atoms. The zero-order valence-corrected chi connectivity index (χ0v) is 17.6. The van der Waals surface area contributed by atoms with E-state index in [9.17, 15) is 9.18 Å². The quantitative estimate of drug-likeness (QED) is 0.621. The van der Waals surface area contributed by atoms with Crippen molar-refractivity contribution < 1.29 is 18.7 Å². The molecule has 0 radical (unpaired) electrons. The molecule has 1 fully saturated rings. The summed E-state index contributed by atoms with van der Waals surface area (Å²) in [6.45, 7) is 5.59. The van der Waals surface area contributed by atoms with Crippen LogP contribution in [0.15, 0.2) is 60.7 Å². The van der Waals surface area contributed by atoms with Crippen LogP contribution in [0.5, 0.6) is 5.75 Å². The number of carbonyl (C=O) groups is 1. The van der Waals surface area contributed by atoms with E-state index in [0.29, 0.717) is 37.7 Å². The van der Waals surface area contributed by atoms with E-state index in [2.05, 4.69) is 10.2 Å². The van der Waals surface area contributed by atoms with Crippen molar-refractivity contribution in [3.63, 3.8) is 0 Å². The Hall–Kier alpha value is -2.96. The van der Waals surface area contributed by atoms with Gasteiger partial charge >= 0.3 is 0 Å². The molecule has 6 heteroatoms. The summed E-state index contributed by atoms with van der Waals surface area (Å²) < 4.78 is 24.7. The number of nitrogens with zero attached hydrogens (tertiary/aromatic N) is 1. The summed E-state index contributed by atoms with van der Waals surface area (Å²) in [6.07, 6.45) is 0. The maximum absolute atomic E-state index is 13.5. The standard InChI is InChI=1S/C25H27FN2O3/c1-2-31-23-12-9-18-5-3-4-6-21(18)24(23)25(29)27-17-22(28-13-15-30-16-14-28)19-7-10-20(26)11-8-19/h3-12,22H,2,13-17H2,1H3,(H,27,29). The van der Waals surface area contributed by atoms with Gasteiger partial charge in [-0.1, -0.05) is 42.5 Å². The second-order valence-electron chi connectivity index (χ2n) is 7.52. The summed E-state index contributed by atoms with van der Waals surface area (Å²) in [6, 6.07) is 18.0. The lowest BCUT2D eigenvalue weighted by molar-refractivity contribution is 0.0162. The van der Waals surface area contributed by atoms with E-state index in [4.69, 9.17) is 9.47 Å². The predicted octanol–water partition coefficient (Wildman–Crippen LogP) is 4.18. The lowest BCUT2D eigenvalue weighted by atomic mass is 10.0. The average molecular weight is 423 g/mol. The van der Waals surface area contributed by atoms with E-state index < -0.39 is 0 Å². The molecule has 1 N–H and O–H groups in total. The zero-order chi connectivity index (χ0) is 21.6. The fourth-order valence-electron chi connectivity index (χ4n) is 4.07. The third kappa shape index (κ3) is 4.86. The lowest BCUT2D eigenvalue weighted by Crippen LogP contribution is -2.43. The summed E-state index contributed by atoms with van der Waals surface area (Å²) in [5.74, 6) is 0.120. The zero-order valence-electron chi connectivity index (χ0n) is 17.6. The molecule has 1 aliphatic heterocycles. The first-order valence-electron chi connectivity index (χ1n) is 10.7. The largest absolute Gasteiger partial charge is 0.493 e. The summed E-state index contributed by atoms with van der Waals surface area (Å²) in [7, 11) is 0. The van der Waals surface area contributed by atoms with Gasteiger partial charge in [0.2, 0.25) is 0 Å². The number of benzene rings is 3. The monoisotopic (exact) mass is 422 g/mol. The van der Waals surface area contributed by atoms with Crippen LogP contribution in [0.1, 0.15) is 28.9 Å². The van der Waals surface area contributed by atoms with Crippen molar-refractivity contribution in [3.05, 3.63) is 77.6 Å². The molecule has 4 rings (SSSR count). The summed E-state index contributed by atoms with van der Waals surface area (Å²) in [5.41, 5.74) is 1.51. The van der Waals surface area contributed by atoms with Gasteiger partial charge < -0.3 is 14.8 Å². The molecule has 3 aromatic rings. The minimum Gasteiger partial charge on any atom is -0.493 e. The third-order valence-corrected chi connectivity index (χ3v) is 5.61. The van der Waals surface area contributed by atoms with Crippen LogP contribution < -0.4 is 10.1 Å². The van der Waals surface area contributed by atoms with Crippen LogP contribution in [-0.4, -0.2) is 50.3 Å². The van der Waals surface area contributed by atoms with Crippen molar-refractivity contribution in [3.8, 4) is 5.75 Å². The SMILES string of the molecule is CCOc1ccc2ccccc2c1C(=O)NCC(c1ccc(F)cc1)N1CCOCC1. The number of fused-ring (bicyclic) bond motifs is 1. The van der Waals surface area contributed by atoms with Gasteiger partial charge in [0.25, 0.3) is 5.91 Å². The van der Waals surface area contributed by atoms with Crippen molar-refractivity contribution in [1.82, 2.24) is 10.2 Å². The number of carbonyl (C=O) groups excluding carboxylic acids is 1. The van der Waals surface area contributed by atoms with E-state index >= 15 is 0 Å².